The number of tetrazole rings is 1. The van der Waals surface area contributed by atoms with Crippen molar-refractivity contribution in [3.63, 3.8) is 0 Å². The summed E-state index contributed by atoms with van der Waals surface area (Å²) in [5.41, 5.74) is 0.811. The van der Waals surface area contributed by atoms with Crippen LogP contribution in [0.25, 0.3) is 5.69 Å². The van der Waals surface area contributed by atoms with E-state index in [1.807, 2.05) is 30.3 Å². The summed E-state index contributed by atoms with van der Waals surface area (Å²) in [6.07, 6.45) is 0. The molecule has 0 saturated heterocycles. The van der Waals surface area contributed by atoms with Crippen LogP contribution in [0.2, 0.25) is 0 Å². The van der Waals surface area contributed by atoms with E-state index in [0.717, 1.165) is 5.69 Å². The van der Waals surface area contributed by atoms with Gasteiger partial charge in [0.25, 0.3) is 0 Å². The van der Waals surface area contributed by atoms with Crippen LogP contribution in [-0.2, 0) is 14.3 Å². The zero-order chi connectivity index (χ0) is 16.5. The normalized spacial score (nSPS) is 10.3. The number of nitrogens with zero attached hydrogens (tertiary/aromatic N) is 4. The Kier molecular flexibility index (Phi) is 6.00. The van der Waals surface area contributed by atoms with E-state index in [-0.39, 0.29) is 6.61 Å². The number of hydrogen-bond acceptors (Lipinski definition) is 7. The molecule has 1 aromatic carbocycles. The number of carbonyl (C=O) groups excluding carboxylic acids is 1. The molecule has 1 amide bonds. The number of aliphatic carboxylic acids is 1. The molecule has 0 unspecified atom stereocenters. The van der Waals surface area contributed by atoms with E-state index in [0.29, 0.717) is 19.0 Å². The van der Waals surface area contributed by atoms with Gasteiger partial charge in [0.1, 0.15) is 13.2 Å². The Hall–Kier alpha value is -3.01. The van der Waals surface area contributed by atoms with Gasteiger partial charge in [0, 0.05) is 13.1 Å². The number of benzene rings is 1. The van der Waals surface area contributed by atoms with Crippen LogP contribution < -0.4 is 10.6 Å². The summed E-state index contributed by atoms with van der Waals surface area (Å²) in [6.45, 7) is -0.0830. The van der Waals surface area contributed by atoms with Crippen molar-refractivity contribution in [3.8, 4) is 5.69 Å². The van der Waals surface area contributed by atoms with Crippen molar-refractivity contribution in [2.75, 3.05) is 31.6 Å². The summed E-state index contributed by atoms with van der Waals surface area (Å²) in [5.74, 6) is -1.06. The Labute approximate surface area is 131 Å². The number of rotatable bonds is 9. The molecule has 2 rings (SSSR count). The molecule has 3 N–H and O–H groups in total. The highest BCUT2D eigenvalue weighted by Crippen LogP contribution is 2.09. The van der Waals surface area contributed by atoms with Gasteiger partial charge >= 0.3 is 5.97 Å². The number of carbonyl (C=O) groups is 2. The molecule has 1 heterocycles. The fourth-order valence-corrected chi connectivity index (χ4v) is 1.70. The fourth-order valence-electron chi connectivity index (χ4n) is 1.70. The molecule has 10 heteroatoms. The van der Waals surface area contributed by atoms with E-state index in [9.17, 15) is 9.59 Å². The first-order valence-corrected chi connectivity index (χ1v) is 6.80. The second-order valence-electron chi connectivity index (χ2n) is 4.41. The number of hydrogen-bond donors (Lipinski definition) is 3. The van der Waals surface area contributed by atoms with Crippen LogP contribution in [-0.4, -0.2) is 63.5 Å². The Morgan fingerprint density at radius 2 is 1.96 bits per heavy atom. The van der Waals surface area contributed by atoms with E-state index >= 15 is 0 Å². The number of para-hydroxylation sites is 1. The van der Waals surface area contributed by atoms with Gasteiger partial charge in [0.2, 0.25) is 11.9 Å². The molecule has 0 radical (unpaired) electrons. The molecular formula is C13H16N6O4. The van der Waals surface area contributed by atoms with Crippen LogP contribution in [0, 0.1) is 0 Å². The number of anilines is 1. The molecule has 0 atom stereocenters. The van der Waals surface area contributed by atoms with Crippen LogP contribution in [0.5, 0.6) is 0 Å². The van der Waals surface area contributed by atoms with E-state index in [1.54, 1.807) is 0 Å². The lowest BCUT2D eigenvalue weighted by atomic mass is 10.3. The van der Waals surface area contributed by atoms with Crippen molar-refractivity contribution in [2.24, 2.45) is 0 Å². The van der Waals surface area contributed by atoms with Crippen molar-refractivity contribution < 1.29 is 19.4 Å². The second-order valence-corrected chi connectivity index (χ2v) is 4.41. The third-order valence-corrected chi connectivity index (χ3v) is 2.66. The van der Waals surface area contributed by atoms with Gasteiger partial charge in [0.05, 0.1) is 5.69 Å². The number of aromatic nitrogens is 4. The first-order chi connectivity index (χ1) is 11.2. The standard InChI is InChI=1S/C13H16N6O4/c20-11(8-23-9-12(21)22)14-6-7-15-13-16-17-18-19(13)10-4-2-1-3-5-10/h1-5H,6-9H2,(H,14,20)(H,21,22)(H,15,16,18). The largest absolute Gasteiger partial charge is 0.480 e. The Morgan fingerprint density at radius 3 is 2.70 bits per heavy atom. The lowest BCUT2D eigenvalue weighted by molar-refractivity contribution is -0.143. The molecule has 1 aromatic heterocycles. The number of amides is 1. The number of nitrogens with one attached hydrogen (secondary N) is 2. The van der Waals surface area contributed by atoms with Crippen molar-refractivity contribution in [1.29, 1.82) is 0 Å². The SMILES string of the molecule is O=C(O)COCC(=O)NCCNc1nnnn1-c1ccccc1. The zero-order valence-corrected chi connectivity index (χ0v) is 12.2. The number of ether oxygens (including phenoxy) is 1. The second kappa shape index (κ2) is 8.44. The number of carboxylic acid groups (broad SMARTS) is 1. The first-order valence-electron chi connectivity index (χ1n) is 6.80. The lowest BCUT2D eigenvalue weighted by Gasteiger charge is -2.08. The van der Waals surface area contributed by atoms with Crippen LogP contribution in [0.15, 0.2) is 30.3 Å². The summed E-state index contributed by atoms with van der Waals surface area (Å²) in [6, 6.07) is 9.37. The van der Waals surface area contributed by atoms with Gasteiger partial charge in [0.15, 0.2) is 0 Å². The van der Waals surface area contributed by atoms with E-state index in [4.69, 9.17) is 5.11 Å². The molecule has 0 spiro atoms. The average Bonchev–Trinajstić information content (AvgIpc) is 3.00. The van der Waals surface area contributed by atoms with Crippen molar-refractivity contribution in [1.82, 2.24) is 25.5 Å². The predicted molar refractivity (Wildman–Crippen MR) is 79.1 cm³/mol. The zero-order valence-electron chi connectivity index (χ0n) is 12.2. The van der Waals surface area contributed by atoms with Gasteiger partial charge < -0.3 is 20.5 Å². The maximum Gasteiger partial charge on any atom is 0.329 e. The minimum absolute atomic E-state index is 0.298. The summed E-state index contributed by atoms with van der Waals surface area (Å²) >= 11 is 0. The third kappa shape index (κ3) is 5.36. The molecule has 2 aromatic rings. The Balaban J connectivity index is 1.72. The Morgan fingerprint density at radius 1 is 1.17 bits per heavy atom. The van der Waals surface area contributed by atoms with Gasteiger partial charge in [-0.15, -0.1) is 0 Å². The molecule has 0 saturated carbocycles. The third-order valence-electron chi connectivity index (χ3n) is 2.66. The van der Waals surface area contributed by atoms with Crippen molar-refractivity contribution in [3.05, 3.63) is 30.3 Å². The van der Waals surface area contributed by atoms with Gasteiger partial charge in [-0.05, 0) is 22.6 Å². The summed E-state index contributed by atoms with van der Waals surface area (Å²) in [5, 5.41) is 25.3. The van der Waals surface area contributed by atoms with Gasteiger partial charge in [-0.3, -0.25) is 4.79 Å². The summed E-state index contributed by atoms with van der Waals surface area (Å²) in [7, 11) is 0. The average molecular weight is 320 g/mol. The van der Waals surface area contributed by atoms with Crippen molar-refractivity contribution >= 4 is 17.8 Å². The molecule has 122 valence electrons. The molecule has 23 heavy (non-hydrogen) atoms. The smallest absolute Gasteiger partial charge is 0.329 e. The minimum atomic E-state index is -1.12. The molecular weight excluding hydrogens is 304 g/mol. The fraction of sp³-hybridized carbons (Fsp3) is 0.308. The maximum atomic E-state index is 11.4. The minimum Gasteiger partial charge on any atom is -0.480 e. The molecule has 0 aliphatic rings. The Bertz CT molecular complexity index is 645. The van der Waals surface area contributed by atoms with E-state index < -0.39 is 18.5 Å². The van der Waals surface area contributed by atoms with Crippen molar-refractivity contribution in [2.45, 2.75) is 0 Å². The van der Waals surface area contributed by atoms with Crippen LogP contribution in [0.4, 0.5) is 5.95 Å². The van der Waals surface area contributed by atoms with Crippen LogP contribution in [0.1, 0.15) is 0 Å². The molecule has 0 aliphatic carbocycles. The molecule has 0 bridgehead atoms. The highest BCUT2D eigenvalue weighted by atomic mass is 16.5. The number of carboxylic acids is 1. The monoisotopic (exact) mass is 320 g/mol. The quantitative estimate of drug-likeness (QED) is 0.516. The van der Waals surface area contributed by atoms with Gasteiger partial charge in [-0.25, -0.2) is 4.79 Å². The topological polar surface area (TPSA) is 131 Å². The lowest BCUT2D eigenvalue weighted by Crippen LogP contribution is -2.32. The molecule has 10 nitrogen and oxygen atoms in total. The highest BCUT2D eigenvalue weighted by Gasteiger charge is 2.07. The highest BCUT2D eigenvalue weighted by molar-refractivity contribution is 5.77. The first kappa shape index (κ1) is 16.4. The van der Waals surface area contributed by atoms with E-state index in [1.165, 1.54) is 4.68 Å². The summed E-state index contributed by atoms with van der Waals surface area (Å²) in [4.78, 5) is 21.6. The predicted octanol–water partition coefficient (Wildman–Crippen LogP) is -0.708. The molecule has 0 aliphatic heterocycles. The van der Waals surface area contributed by atoms with Gasteiger partial charge in [-0.2, -0.15) is 4.68 Å². The summed E-state index contributed by atoms with van der Waals surface area (Å²) < 4.78 is 6.21. The van der Waals surface area contributed by atoms with Crippen LogP contribution in [0.3, 0.4) is 0 Å². The van der Waals surface area contributed by atoms with E-state index in [2.05, 4.69) is 30.9 Å². The van der Waals surface area contributed by atoms with Crippen LogP contribution >= 0.6 is 0 Å². The molecule has 0 fully saturated rings. The van der Waals surface area contributed by atoms with Gasteiger partial charge in [-0.1, -0.05) is 23.3 Å². The maximum absolute atomic E-state index is 11.4.